The second-order valence-electron chi connectivity index (χ2n) is 6.91. The van der Waals surface area contributed by atoms with Gasteiger partial charge in [0.15, 0.2) is 6.10 Å². The normalized spacial score (nSPS) is 15.4. The second-order valence-corrected chi connectivity index (χ2v) is 6.91. The molecule has 0 aromatic heterocycles. The van der Waals surface area contributed by atoms with E-state index in [1.807, 2.05) is 0 Å². The molecule has 0 fully saturated rings. The number of hydrogen-bond acceptors (Lipinski definition) is 6. The van der Waals surface area contributed by atoms with E-state index in [1.165, 1.54) is 11.8 Å². The standard InChI is InChI=1S/C20H19F3N4O5/c1-12(28)26-11-18(32-17-5-3-2-4-15(17)26)19(29)25-9-8-24-14-7-6-13(20(21,22)23)10-16(14)27(30)31/h2-7,10,18,24H,8-9,11H2,1H3,(H,25,29)/t18-/m1/s1. The van der Waals surface area contributed by atoms with Crippen LogP contribution in [0.25, 0.3) is 0 Å². The number of fused-ring (bicyclic) bond motifs is 1. The Morgan fingerprint density at radius 3 is 2.59 bits per heavy atom. The number of nitrogens with one attached hydrogen (secondary N) is 2. The minimum Gasteiger partial charge on any atom is -0.477 e. The number of carbonyl (C=O) groups is 2. The van der Waals surface area contributed by atoms with Crippen molar-refractivity contribution < 1.29 is 32.4 Å². The van der Waals surface area contributed by atoms with Gasteiger partial charge in [-0.2, -0.15) is 13.2 Å². The molecule has 170 valence electrons. The van der Waals surface area contributed by atoms with Crippen molar-refractivity contribution in [2.24, 2.45) is 0 Å². The van der Waals surface area contributed by atoms with Gasteiger partial charge in [-0.3, -0.25) is 19.7 Å². The van der Waals surface area contributed by atoms with Gasteiger partial charge in [0.2, 0.25) is 5.91 Å². The van der Waals surface area contributed by atoms with Crippen LogP contribution in [0.3, 0.4) is 0 Å². The van der Waals surface area contributed by atoms with Gasteiger partial charge >= 0.3 is 6.18 Å². The number of nitrogens with zero attached hydrogens (tertiary/aromatic N) is 2. The number of anilines is 2. The highest BCUT2D eigenvalue weighted by molar-refractivity contribution is 5.95. The molecule has 0 saturated carbocycles. The van der Waals surface area contributed by atoms with Crippen molar-refractivity contribution in [3.8, 4) is 5.75 Å². The number of ether oxygens (including phenoxy) is 1. The predicted octanol–water partition coefficient (Wildman–Crippen LogP) is 2.96. The van der Waals surface area contributed by atoms with Gasteiger partial charge < -0.3 is 20.3 Å². The highest BCUT2D eigenvalue weighted by Gasteiger charge is 2.34. The summed E-state index contributed by atoms with van der Waals surface area (Å²) in [5.41, 5.74) is -1.41. The van der Waals surface area contributed by atoms with Crippen molar-refractivity contribution in [2.75, 3.05) is 29.9 Å². The molecule has 9 nitrogen and oxygen atoms in total. The maximum absolute atomic E-state index is 12.8. The molecule has 1 heterocycles. The first-order valence-electron chi connectivity index (χ1n) is 9.49. The van der Waals surface area contributed by atoms with Crippen LogP contribution in [0.4, 0.5) is 30.2 Å². The van der Waals surface area contributed by atoms with Crippen LogP contribution in [-0.2, 0) is 15.8 Å². The number of rotatable bonds is 6. The van der Waals surface area contributed by atoms with E-state index in [2.05, 4.69) is 10.6 Å². The number of alkyl halides is 3. The van der Waals surface area contributed by atoms with Gasteiger partial charge in [0.1, 0.15) is 11.4 Å². The molecule has 2 N–H and O–H groups in total. The first-order chi connectivity index (χ1) is 15.1. The minimum absolute atomic E-state index is 0.00991. The lowest BCUT2D eigenvalue weighted by molar-refractivity contribution is -0.384. The van der Waals surface area contributed by atoms with Crippen LogP contribution in [-0.4, -0.2) is 42.5 Å². The summed E-state index contributed by atoms with van der Waals surface area (Å²) in [6.07, 6.45) is -5.67. The Kier molecular flexibility index (Phi) is 6.51. The van der Waals surface area contributed by atoms with Gasteiger partial charge in [0.25, 0.3) is 11.6 Å². The molecule has 3 rings (SSSR count). The Labute approximate surface area is 180 Å². The summed E-state index contributed by atoms with van der Waals surface area (Å²) in [4.78, 5) is 36.0. The molecule has 0 saturated heterocycles. The summed E-state index contributed by atoms with van der Waals surface area (Å²) in [6, 6.07) is 8.93. The van der Waals surface area contributed by atoms with E-state index in [9.17, 15) is 32.9 Å². The van der Waals surface area contributed by atoms with Gasteiger partial charge in [0.05, 0.1) is 22.7 Å². The lowest BCUT2D eigenvalue weighted by Gasteiger charge is -2.33. The lowest BCUT2D eigenvalue weighted by atomic mass is 10.1. The zero-order valence-corrected chi connectivity index (χ0v) is 16.8. The molecular weight excluding hydrogens is 433 g/mol. The first-order valence-corrected chi connectivity index (χ1v) is 9.49. The van der Waals surface area contributed by atoms with Gasteiger partial charge in [-0.25, -0.2) is 0 Å². The molecule has 0 radical (unpaired) electrons. The molecule has 0 aliphatic carbocycles. The van der Waals surface area contributed by atoms with Gasteiger partial charge in [0, 0.05) is 26.1 Å². The van der Waals surface area contributed by atoms with Gasteiger partial charge in [-0.1, -0.05) is 12.1 Å². The van der Waals surface area contributed by atoms with E-state index in [4.69, 9.17) is 4.74 Å². The number of amides is 2. The smallest absolute Gasteiger partial charge is 0.416 e. The number of nitro groups is 1. The second kappa shape index (κ2) is 9.12. The summed E-state index contributed by atoms with van der Waals surface area (Å²) < 4.78 is 44.0. The van der Waals surface area contributed by atoms with Crippen molar-refractivity contribution in [1.82, 2.24) is 5.32 Å². The van der Waals surface area contributed by atoms with Crippen molar-refractivity contribution >= 4 is 28.9 Å². The van der Waals surface area contributed by atoms with Crippen LogP contribution in [0.1, 0.15) is 12.5 Å². The fraction of sp³-hybridized carbons (Fsp3) is 0.300. The van der Waals surface area contributed by atoms with Crippen LogP contribution < -0.4 is 20.3 Å². The highest BCUT2D eigenvalue weighted by Crippen LogP contribution is 2.35. The molecule has 1 atom stereocenters. The lowest BCUT2D eigenvalue weighted by Crippen LogP contribution is -2.50. The third kappa shape index (κ3) is 5.07. The van der Waals surface area contributed by atoms with E-state index in [1.54, 1.807) is 24.3 Å². The molecule has 0 unspecified atom stereocenters. The molecule has 1 aliphatic rings. The summed E-state index contributed by atoms with van der Waals surface area (Å²) in [5, 5.41) is 16.3. The molecule has 2 aromatic carbocycles. The molecule has 12 heteroatoms. The molecule has 0 spiro atoms. The number of nitro benzene ring substituents is 1. The Balaban J connectivity index is 1.59. The quantitative estimate of drug-likeness (QED) is 0.396. The maximum Gasteiger partial charge on any atom is 0.416 e. The molecule has 2 amide bonds. The zero-order valence-electron chi connectivity index (χ0n) is 16.8. The average Bonchev–Trinajstić information content (AvgIpc) is 2.74. The van der Waals surface area contributed by atoms with E-state index >= 15 is 0 Å². The van der Waals surface area contributed by atoms with Crippen LogP contribution in [0.15, 0.2) is 42.5 Å². The van der Waals surface area contributed by atoms with E-state index < -0.39 is 34.4 Å². The van der Waals surface area contributed by atoms with Crippen molar-refractivity contribution in [2.45, 2.75) is 19.2 Å². The number of carbonyl (C=O) groups excluding carboxylic acids is 2. The average molecular weight is 452 g/mol. The van der Waals surface area contributed by atoms with Crippen molar-refractivity contribution in [1.29, 1.82) is 0 Å². The molecule has 2 aromatic rings. The maximum atomic E-state index is 12.8. The van der Waals surface area contributed by atoms with E-state index in [0.29, 0.717) is 17.5 Å². The monoisotopic (exact) mass is 452 g/mol. The van der Waals surface area contributed by atoms with Gasteiger partial charge in [-0.15, -0.1) is 0 Å². The SMILES string of the molecule is CC(=O)N1C[C@H](C(=O)NCCNc2ccc(C(F)(F)F)cc2[N+](=O)[O-])Oc2ccccc21. The van der Waals surface area contributed by atoms with Crippen molar-refractivity contribution in [3.63, 3.8) is 0 Å². The highest BCUT2D eigenvalue weighted by atomic mass is 19.4. The molecule has 32 heavy (non-hydrogen) atoms. The van der Waals surface area contributed by atoms with Crippen LogP contribution in [0.5, 0.6) is 5.75 Å². The minimum atomic E-state index is -4.70. The van der Waals surface area contributed by atoms with Crippen molar-refractivity contribution in [3.05, 3.63) is 58.1 Å². The Bertz CT molecular complexity index is 1040. The fourth-order valence-corrected chi connectivity index (χ4v) is 3.17. The first kappa shape index (κ1) is 22.8. The Morgan fingerprint density at radius 1 is 1.22 bits per heavy atom. The third-order valence-electron chi connectivity index (χ3n) is 4.71. The fourth-order valence-electron chi connectivity index (χ4n) is 3.17. The third-order valence-corrected chi connectivity index (χ3v) is 4.71. The van der Waals surface area contributed by atoms with Gasteiger partial charge in [-0.05, 0) is 24.3 Å². The summed E-state index contributed by atoms with van der Waals surface area (Å²) in [6.45, 7) is 1.41. The van der Waals surface area contributed by atoms with Crippen LogP contribution >= 0.6 is 0 Å². The predicted molar refractivity (Wildman–Crippen MR) is 108 cm³/mol. The number of hydrogen-bond donors (Lipinski definition) is 2. The Hall–Kier alpha value is -3.83. The molecular formula is C20H19F3N4O5. The van der Waals surface area contributed by atoms with E-state index in [-0.39, 0.29) is 31.2 Å². The van der Waals surface area contributed by atoms with Crippen LogP contribution in [0.2, 0.25) is 0 Å². The topological polar surface area (TPSA) is 114 Å². The summed E-state index contributed by atoms with van der Waals surface area (Å²) >= 11 is 0. The summed E-state index contributed by atoms with van der Waals surface area (Å²) in [7, 11) is 0. The molecule has 0 bridgehead atoms. The molecule has 1 aliphatic heterocycles. The summed E-state index contributed by atoms with van der Waals surface area (Å²) in [5.74, 6) is -0.378. The number of para-hydroxylation sites is 2. The zero-order chi connectivity index (χ0) is 23.5. The van der Waals surface area contributed by atoms with Crippen LogP contribution in [0, 0.1) is 10.1 Å². The Morgan fingerprint density at radius 2 is 1.94 bits per heavy atom. The number of halogens is 3. The number of benzene rings is 2. The largest absolute Gasteiger partial charge is 0.477 e. The van der Waals surface area contributed by atoms with E-state index in [0.717, 1.165) is 12.1 Å².